The third-order valence-corrected chi connectivity index (χ3v) is 4.39. The van der Waals surface area contributed by atoms with Gasteiger partial charge in [0.2, 0.25) is 0 Å². The molecular formula is C16H22FNO2. The van der Waals surface area contributed by atoms with Gasteiger partial charge in [-0.3, -0.25) is 0 Å². The average molecular weight is 279 g/mol. The van der Waals surface area contributed by atoms with E-state index >= 15 is 0 Å². The van der Waals surface area contributed by atoms with Crippen molar-refractivity contribution in [2.24, 2.45) is 0 Å². The number of nitrogens with one attached hydrogen (secondary N) is 1. The van der Waals surface area contributed by atoms with Crippen molar-refractivity contribution in [1.29, 1.82) is 0 Å². The molecule has 3 nitrogen and oxygen atoms in total. The molecular weight excluding hydrogens is 257 g/mol. The summed E-state index contributed by atoms with van der Waals surface area (Å²) >= 11 is 0. The number of rotatable bonds is 3. The van der Waals surface area contributed by atoms with E-state index in [1.165, 1.54) is 12.1 Å². The van der Waals surface area contributed by atoms with Gasteiger partial charge in [0.1, 0.15) is 17.2 Å². The van der Waals surface area contributed by atoms with Gasteiger partial charge in [0, 0.05) is 30.6 Å². The molecule has 0 spiro atoms. The highest BCUT2D eigenvalue weighted by atomic mass is 19.1. The highest BCUT2D eigenvalue weighted by Gasteiger charge is 2.38. The minimum absolute atomic E-state index is 0.0963. The fourth-order valence-corrected chi connectivity index (χ4v) is 3.08. The van der Waals surface area contributed by atoms with E-state index in [1.54, 1.807) is 6.07 Å². The quantitative estimate of drug-likeness (QED) is 0.894. The molecule has 3 rings (SSSR count). The first-order valence-electron chi connectivity index (χ1n) is 7.31. The maximum absolute atomic E-state index is 13.4. The van der Waals surface area contributed by atoms with Gasteiger partial charge in [0.05, 0.1) is 5.60 Å². The van der Waals surface area contributed by atoms with Crippen LogP contribution in [-0.4, -0.2) is 22.9 Å². The SMILES string of the molecule is CC1(C)CC(NCC2(O)CCC2)c2ccc(F)cc2O1. The van der Waals surface area contributed by atoms with Gasteiger partial charge in [-0.2, -0.15) is 0 Å². The van der Waals surface area contributed by atoms with Crippen LogP contribution in [0.25, 0.3) is 0 Å². The second kappa shape index (κ2) is 4.71. The van der Waals surface area contributed by atoms with Crippen LogP contribution in [0.2, 0.25) is 0 Å². The smallest absolute Gasteiger partial charge is 0.127 e. The predicted octanol–water partition coefficient (Wildman–Crippen LogP) is 2.93. The number of halogens is 1. The zero-order chi connectivity index (χ0) is 14.4. The Morgan fingerprint density at radius 2 is 2.15 bits per heavy atom. The molecule has 4 heteroatoms. The van der Waals surface area contributed by atoms with Crippen molar-refractivity contribution in [3.63, 3.8) is 0 Å². The highest BCUT2D eigenvalue weighted by molar-refractivity contribution is 5.39. The molecule has 1 unspecified atom stereocenters. The Labute approximate surface area is 119 Å². The van der Waals surface area contributed by atoms with Crippen LogP contribution in [0, 0.1) is 5.82 Å². The largest absolute Gasteiger partial charge is 0.487 e. The lowest BCUT2D eigenvalue weighted by Crippen LogP contribution is -2.49. The number of aliphatic hydroxyl groups is 1. The minimum atomic E-state index is -0.553. The van der Waals surface area contributed by atoms with Gasteiger partial charge in [-0.25, -0.2) is 4.39 Å². The van der Waals surface area contributed by atoms with E-state index in [2.05, 4.69) is 5.32 Å². The summed E-state index contributed by atoms with van der Waals surface area (Å²) in [6.45, 7) is 4.60. The Morgan fingerprint density at radius 3 is 2.80 bits per heavy atom. The fourth-order valence-electron chi connectivity index (χ4n) is 3.08. The standard InChI is InChI=1S/C16H22FNO2/c1-15(2)9-13(18-10-16(19)6-3-7-16)12-5-4-11(17)8-14(12)20-15/h4-5,8,13,18-19H,3,6-7,9-10H2,1-2H3. The van der Waals surface area contributed by atoms with Crippen LogP contribution < -0.4 is 10.1 Å². The molecule has 1 aromatic carbocycles. The summed E-state index contributed by atoms with van der Waals surface area (Å²) in [5.74, 6) is 0.331. The first-order valence-corrected chi connectivity index (χ1v) is 7.31. The van der Waals surface area contributed by atoms with Crippen molar-refractivity contribution in [2.45, 2.75) is 56.8 Å². The second-order valence-corrected chi connectivity index (χ2v) is 6.76. The van der Waals surface area contributed by atoms with Crippen LogP contribution in [-0.2, 0) is 0 Å². The maximum Gasteiger partial charge on any atom is 0.127 e. The Balaban J connectivity index is 1.80. The van der Waals surface area contributed by atoms with Crippen LogP contribution in [0.5, 0.6) is 5.75 Å². The molecule has 0 amide bonds. The average Bonchev–Trinajstić information content (AvgIpc) is 2.31. The number of fused-ring (bicyclic) bond motifs is 1. The maximum atomic E-state index is 13.4. The highest BCUT2D eigenvalue weighted by Crippen LogP contribution is 2.40. The zero-order valence-corrected chi connectivity index (χ0v) is 12.1. The van der Waals surface area contributed by atoms with Crippen molar-refractivity contribution < 1.29 is 14.2 Å². The van der Waals surface area contributed by atoms with Crippen LogP contribution in [0.15, 0.2) is 18.2 Å². The second-order valence-electron chi connectivity index (χ2n) is 6.76. The summed E-state index contributed by atoms with van der Waals surface area (Å²) < 4.78 is 19.2. The fraction of sp³-hybridized carbons (Fsp3) is 0.625. The number of hydrogen-bond donors (Lipinski definition) is 2. The monoisotopic (exact) mass is 279 g/mol. The van der Waals surface area contributed by atoms with Crippen molar-refractivity contribution >= 4 is 0 Å². The van der Waals surface area contributed by atoms with Gasteiger partial charge in [-0.15, -0.1) is 0 Å². The van der Waals surface area contributed by atoms with E-state index in [-0.39, 0.29) is 17.5 Å². The molecule has 2 aliphatic rings. The lowest BCUT2D eigenvalue weighted by Gasteiger charge is -2.41. The molecule has 1 saturated carbocycles. The first-order chi connectivity index (χ1) is 9.37. The molecule has 1 aliphatic heterocycles. The molecule has 1 atom stereocenters. The van der Waals surface area contributed by atoms with Gasteiger partial charge >= 0.3 is 0 Å². The van der Waals surface area contributed by atoms with Crippen molar-refractivity contribution in [1.82, 2.24) is 5.32 Å². The van der Waals surface area contributed by atoms with Gasteiger partial charge in [0.15, 0.2) is 0 Å². The summed E-state index contributed by atoms with van der Waals surface area (Å²) in [7, 11) is 0. The first kappa shape index (κ1) is 13.8. The van der Waals surface area contributed by atoms with Crippen LogP contribution in [0.1, 0.15) is 51.1 Å². The molecule has 1 fully saturated rings. The Bertz CT molecular complexity index is 511. The normalized spacial score (nSPS) is 26.3. The Hall–Kier alpha value is -1.13. The molecule has 0 bridgehead atoms. The van der Waals surface area contributed by atoms with Gasteiger partial charge < -0.3 is 15.2 Å². The van der Waals surface area contributed by atoms with Crippen LogP contribution in [0.4, 0.5) is 4.39 Å². The number of ether oxygens (including phenoxy) is 1. The number of benzene rings is 1. The number of hydrogen-bond acceptors (Lipinski definition) is 3. The van der Waals surface area contributed by atoms with Crippen LogP contribution >= 0.6 is 0 Å². The summed E-state index contributed by atoms with van der Waals surface area (Å²) in [5.41, 5.74) is 0.0946. The molecule has 1 heterocycles. The molecule has 20 heavy (non-hydrogen) atoms. The molecule has 0 saturated heterocycles. The third-order valence-electron chi connectivity index (χ3n) is 4.39. The lowest BCUT2D eigenvalue weighted by molar-refractivity contribution is -0.0366. The van der Waals surface area contributed by atoms with Crippen LogP contribution in [0.3, 0.4) is 0 Å². The van der Waals surface area contributed by atoms with E-state index in [0.29, 0.717) is 12.3 Å². The minimum Gasteiger partial charge on any atom is -0.487 e. The summed E-state index contributed by atoms with van der Waals surface area (Å²) in [6, 6.07) is 4.79. The summed E-state index contributed by atoms with van der Waals surface area (Å²) in [4.78, 5) is 0. The molecule has 1 aromatic rings. The molecule has 110 valence electrons. The van der Waals surface area contributed by atoms with Gasteiger partial charge in [0.25, 0.3) is 0 Å². The topological polar surface area (TPSA) is 41.5 Å². The van der Waals surface area contributed by atoms with Crippen molar-refractivity contribution in [3.8, 4) is 5.75 Å². The Kier molecular flexibility index (Phi) is 3.26. The van der Waals surface area contributed by atoms with E-state index in [0.717, 1.165) is 31.2 Å². The molecule has 0 radical (unpaired) electrons. The summed E-state index contributed by atoms with van der Waals surface area (Å²) in [5, 5.41) is 13.7. The van der Waals surface area contributed by atoms with E-state index in [4.69, 9.17) is 4.74 Å². The summed E-state index contributed by atoms with van der Waals surface area (Å²) in [6.07, 6.45) is 3.63. The van der Waals surface area contributed by atoms with Crippen molar-refractivity contribution in [3.05, 3.63) is 29.6 Å². The predicted molar refractivity (Wildman–Crippen MR) is 75.3 cm³/mol. The molecule has 1 aliphatic carbocycles. The van der Waals surface area contributed by atoms with E-state index < -0.39 is 5.60 Å². The Morgan fingerprint density at radius 1 is 1.40 bits per heavy atom. The lowest BCUT2D eigenvalue weighted by atomic mass is 9.79. The zero-order valence-electron chi connectivity index (χ0n) is 12.1. The van der Waals surface area contributed by atoms with E-state index in [1.807, 2.05) is 13.8 Å². The molecule has 0 aromatic heterocycles. The third kappa shape index (κ3) is 2.67. The van der Waals surface area contributed by atoms with Crippen molar-refractivity contribution in [2.75, 3.05) is 6.54 Å². The molecule has 2 N–H and O–H groups in total. The van der Waals surface area contributed by atoms with Gasteiger partial charge in [-0.1, -0.05) is 6.07 Å². The van der Waals surface area contributed by atoms with E-state index in [9.17, 15) is 9.50 Å². The van der Waals surface area contributed by atoms with Gasteiger partial charge in [-0.05, 0) is 39.2 Å².